The number of nitrogens with zero attached hydrogens (tertiary/aromatic N) is 5. The topological polar surface area (TPSA) is 117 Å². The molecule has 0 aliphatic heterocycles. The summed E-state index contributed by atoms with van der Waals surface area (Å²) < 4.78 is 1.18. The third-order valence-electron chi connectivity index (χ3n) is 2.26. The Hall–Kier alpha value is -2.55. The molecular formula is C9H6ClN5O4. The van der Waals surface area contributed by atoms with Gasteiger partial charge in [0.05, 0.1) is 11.5 Å². The molecule has 0 N–H and O–H groups in total. The molecule has 0 unspecified atom stereocenters. The maximum Gasteiger partial charge on any atom is 0.490 e. The number of non-ortho nitro benzene ring substituents is 1. The van der Waals surface area contributed by atoms with Gasteiger partial charge in [-0.2, -0.15) is 4.68 Å². The first-order valence-corrected chi connectivity index (χ1v) is 5.32. The Kier molecular flexibility index (Phi) is 3.38. The van der Waals surface area contributed by atoms with E-state index < -0.39 is 15.8 Å². The van der Waals surface area contributed by atoms with Gasteiger partial charge in [-0.25, -0.2) is 0 Å². The molecule has 19 heavy (non-hydrogen) atoms. The van der Waals surface area contributed by atoms with Gasteiger partial charge in [0.25, 0.3) is 5.69 Å². The molecule has 9 nitrogen and oxygen atoms in total. The van der Waals surface area contributed by atoms with Crippen LogP contribution in [0.25, 0.3) is 0 Å². The number of halogens is 1. The molecule has 2 rings (SSSR count). The van der Waals surface area contributed by atoms with E-state index in [2.05, 4.69) is 10.1 Å². The third kappa shape index (κ3) is 2.83. The van der Waals surface area contributed by atoms with Crippen molar-refractivity contribution < 1.29 is 9.85 Å². The molecule has 10 heteroatoms. The highest BCUT2D eigenvalue weighted by molar-refractivity contribution is 6.31. The van der Waals surface area contributed by atoms with Crippen molar-refractivity contribution in [1.82, 2.24) is 14.8 Å². The number of nitro groups is 2. The molecular weight excluding hydrogens is 278 g/mol. The Morgan fingerprint density at radius 1 is 1.26 bits per heavy atom. The molecule has 1 heterocycles. The summed E-state index contributed by atoms with van der Waals surface area (Å²) in [6.45, 7) is 0.0569. The Bertz CT molecular complexity index is 656. The lowest BCUT2D eigenvalue weighted by atomic mass is 10.2. The summed E-state index contributed by atoms with van der Waals surface area (Å²) in [4.78, 5) is 23.3. The summed E-state index contributed by atoms with van der Waals surface area (Å²) >= 11 is 5.90. The van der Waals surface area contributed by atoms with Crippen LogP contribution in [0, 0.1) is 20.2 Å². The van der Waals surface area contributed by atoms with Gasteiger partial charge in [-0.15, -0.1) is 0 Å². The van der Waals surface area contributed by atoms with Crippen LogP contribution < -0.4 is 0 Å². The number of benzene rings is 1. The van der Waals surface area contributed by atoms with Crippen molar-refractivity contribution in [3.05, 3.63) is 55.3 Å². The van der Waals surface area contributed by atoms with Crippen LogP contribution in [0.4, 0.5) is 11.6 Å². The van der Waals surface area contributed by atoms with Crippen LogP contribution in [0.2, 0.25) is 5.02 Å². The van der Waals surface area contributed by atoms with Crippen LogP contribution in [0.3, 0.4) is 0 Å². The Balaban J connectivity index is 2.29. The summed E-state index contributed by atoms with van der Waals surface area (Å²) in [6, 6.07) is 3.95. The second-order valence-electron chi connectivity index (χ2n) is 3.53. The number of hydrogen-bond donors (Lipinski definition) is 0. The molecule has 0 spiro atoms. The molecule has 0 bridgehead atoms. The highest BCUT2D eigenvalue weighted by atomic mass is 35.5. The van der Waals surface area contributed by atoms with E-state index in [1.807, 2.05) is 0 Å². The minimum Gasteiger partial charge on any atom is -0.390 e. The standard InChI is InChI=1S/C9H6ClN5O4/c10-8-2-1-7(14(16)17)3-6(8)4-13-5-11-9(12-13)15(18)19/h1-3,5H,4H2. The first-order chi connectivity index (χ1) is 8.97. The fourth-order valence-corrected chi connectivity index (χ4v) is 1.59. The first-order valence-electron chi connectivity index (χ1n) is 4.94. The maximum atomic E-state index is 10.6. The normalized spacial score (nSPS) is 10.4. The van der Waals surface area contributed by atoms with Gasteiger partial charge < -0.3 is 10.1 Å². The number of rotatable bonds is 4. The zero-order valence-corrected chi connectivity index (χ0v) is 10.0. The molecule has 0 aliphatic rings. The summed E-state index contributed by atoms with van der Waals surface area (Å²) in [5, 5.41) is 25.0. The lowest BCUT2D eigenvalue weighted by Crippen LogP contribution is -2.02. The van der Waals surface area contributed by atoms with Gasteiger partial charge in [-0.1, -0.05) is 16.6 Å². The summed E-state index contributed by atoms with van der Waals surface area (Å²) in [6.07, 6.45) is 1.16. The predicted octanol–water partition coefficient (Wildman–Crippen LogP) is 1.80. The number of aromatic nitrogens is 3. The van der Waals surface area contributed by atoms with Crippen LogP contribution in [-0.4, -0.2) is 24.6 Å². The number of nitro benzene ring substituents is 1. The fourth-order valence-electron chi connectivity index (χ4n) is 1.42. The molecule has 0 fully saturated rings. The van der Waals surface area contributed by atoms with Crippen LogP contribution in [-0.2, 0) is 6.54 Å². The van der Waals surface area contributed by atoms with Gasteiger partial charge in [0.15, 0.2) is 0 Å². The Morgan fingerprint density at radius 2 is 2.00 bits per heavy atom. The molecule has 0 saturated carbocycles. The highest BCUT2D eigenvalue weighted by Gasteiger charge is 2.16. The van der Waals surface area contributed by atoms with Crippen molar-refractivity contribution in [3.63, 3.8) is 0 Å². The van der Waals surface area contributed by atoms with Crippen molar-refractivity contribution in [2.45, 2.75) is 6.54 Å². The first kappa shape index (κ1) is 12.9. The van der Waals surface area contributed by atoms with Gasteiger partial charge in [-0.05, 0) is 11.0 Å². The van der Waals surface area contributed by atoms with Crippen molar-refractivity contribution in [2.24, 2.45) is 0 Å². The van der Waals surface area contributed by atoms with Crippen LogP contribution in [0.15, 0.2) is 24.5 Å². The highest BCUT2D eigenvalue weighted by Crippen LogP contribution is 2.22. The van der Waals surface area contributed by atoms with E-state index >= 15 is 0 Å². The smallest absolute Gasteiger partial charge is 0.390 e. The maximum absolute atomic E-state index is 10.6. The minimum atomic E-state index is -0.731. The van der Waals surface area contributed by atoms with Crippen LogP contribution in [0.1, 0.15) is 5.56 Å². The molecule has 0 atom stereocenters. The lowest BCUT2D eigenvalue weighted by molar-refractivity contribution is -0.394. The molecule has 0 radical (unpaired) electrons. The monoisotopic (exact) mass is 283 g/mol. The number of hydrogen-bond acceptors (Lipinski definition) is 6. The summed E-state index contributed by atoms with van der Waals surface area (Å²) in [7, 11) is 0. The SMILES string of the molecule is O=[N+]([O-])c1ccc(Cl)c(Cn2cnc([N+](=O)[O-])n2)c1. The van der Waals surface area contributed by atoms with E-state index in [-0.39, 0.29) is 12.2 Å². The summed E-state index contributed by atoms with van der Waals surface area (Å²) in [5.74, 6) is -0.540. The predicted molar refractivity (Wildman–Crippen MR) is 63.9 cm³/mol. The van der Waals surface area contributed by atoms with Gasteiger partial charge in [0.1, 0.15) is 0 Å². The average Bonchev–Trinajstić information content (AvgIpc) is 2.80. The second kappa shape index (κ2) is 4.98. The van der Waals surface area contributed by atoms with Crippen LogP contribution >= 0.6 is 11.6 Å². The van der Waals surface area contributed by atoms with Crippen molar-refractivity contribution in [1.29, 1.82) is 0 Å². The summed E-state index contributed by atoms with van der Waals surface area (Å²) in [5.41, 5.74) is 0.310. The third-order valence-corrected chi connectivity index (χ3v) is 2.63. The second-order valence-corrected chi connectivity index (χ2v) is 3.94. The van der Waals surface area contributed by atoms with Gasteiger partial charge in [0, 0.05) is 27.8 Å². The average molecular weight is 284 g/mol. The Labute approximate surface area is 110 Å². The zero-order chi connectivity index (χ0) is 14.0. The van der Waals surface area contributed by atoms with Gasteiger partial charge in [0.2, 0.25) is 6.33 Å². The quantitative estimate of drug-likeness (QED) is 0.623. The molecule has 0 aliphatic carbocycles. The van der Waals surface area contributed by atoms with E-state index in [1.165, 1.54) is 22.9 Å². The molecule has 1 aromatic carbocycles. The lowest BCUT2D eigenvalue weighted by Gasteiger charge is -2.01. The molecule has 98 valence electrons. The van der Waals surface area contributed by atoms with Gasteiger partial charge >= 0.3 is 5.95 Å². The molecule has 2 aromatic rings. The van der Waals surface area contributed by atoms with E-state index in [1.54, 1.807) is 0 Å². The van der Waals surface area contributed by atoms with Crippen molar-refractivity contribution >= 4 is 23.2 Å². The zero-order valence-electron chi connectivity index (χ0n) is 9.26. The molecule has 0 saturated heterocycles. The van der Waals surface area contributed by atoms with Crippen molar-refractivity contribution in [3.8, 4) is 0 Å². The van der Waals surface area contributed by atoms with Gasteiger partial charge in [-0.3, -0.25) is 10.1 Å². The Morgan fingerprint density at radius 3 is 2.58 bits per heavy atom. The largest absolute Gasteiger partial charge is 0.490 e. The van der Waals surface area contributed by atoms with Crippen LogP contribution in [0.5, 0.6) is 0 Å². The molecule has 0 amide bonds. The van der Waals surface area contributed by atoms with E-state index in [0.717, 1.165) is 6.33 Å². The van der Waals surface area contributed by atoms with E-state index in [9.17, 15) is 20.2 Å². The van der Waals surface area contributed by atoms with E-state index in [0.29, 0.717) is 10.6 Å². The van der Waals surface area contributed by atoms with E-state index in [4.69, 9.17) is 11.6 Å². The van der Waals surface area contributed by atoms with Crippen molar-refractivity contribution in [2.75, 3.05) is 0 Å². The fraction of sp³-hybridized carbons (Fsp3) is 0.111. The molecule has 1 aromatic heterocycles. The minimum absolute atomic E-state index is 0.0569.